The van der Waals surface area contributed by atoms with Crippen LogP contribution < -0.4 is 14.8 Å². The molecule has 0 spiro atoms. The molecule has 10 heteroatoms. The van der Waals surface area contributed by atoms with Crippen LogP contribution in [0.15, 0.2) is 41.6 Å². The number of aromatic nitrogens is 4. The van der Waals surface area contributed by atoms with Crippen LogP contribution in [0.5, 0.6) is 5.88 Å². The van der Waals surface area contributed by atoms with Gasteiger partial charge in [0.1, 0.15) is 5.82 Å². The highest BCUT2D eigenvalue weighted by molar-refractivity contribution is 8.00. The van der Waals surface area contributed by atoms with E-state index >= 15 is 0 Å². The summed E-state index contributed by atoms with van der Waals surface area (Å²) in [5.74, 6) is 0.590. The lowest BCUT2D eigenvalue weighted by atomic mass is 10.00. The summed E-state index contributed by atoms with van der Waals surface area (Å²) in [5, 5.41) is 4.11. The zero-order valence-corrected chi connectivity index (χ0v) is 19.4. The van der Waals surface area contributed by atoms with E-state index in [0.717, 1.165) is 16.6 Å². The van der Waals surface area contributed by atoms with Gasteiger partial charge in [-0.25, -0.2) is 19.3 Å². The van der Waals surface area contributed by atoms with Gasteiger partial charge in [0.2, 0.25) is 11.8 Å². The predicted octanol–water partition coefficient (Wildman–Crippen LogP) is 5.67. The number of methoxy groups -OCH3 is 1. The molecule has 0 saturated carbocycles. The van der Waals surface area contributed by atoms with Crippen LogP contribution in [-0.2, 0) is 0 Å². The number of hydrogen-bond donors (Lipinski definition) is 2. The molecule has 0 fully saturated rings. The van der Waals surface area contributed by atoms with E-state index < -0.39 is 0 Å². The van der Waals surface area contributed by atoms with Crippen LogP contribution in [0.2, 0.25) is 5.02 Å². The number of fused-ring (bicyclic) bond motifs is 1. The van der Waals surface area contributed by atoms with Crippen molar-refractivity contribution in [2.45, 2.75) is 18.7 Å². The third-order valence-corrected chi connectivity index (χ3v) is 5.88. The van der Waals surface area contributed by atoms with Gasteiger partial charge in [-0.2, -0.15) is 4.98 Å². The number of nitrogens with zero attached hydrogens (tertiary/aromatic N) is 4. The van der Waals surface area contributed by atoms with E-state index in [0.29, 0.717) is 44.2 Å². The molecule has 3 heterocycles. The molecule has 1 aromatic carbocycles. The van der Waals surface area contributed by atoms with Crippen LogP contribution in [-0.4, -0.2) is 34.1 Å². The van der Waals surface area contributed by atoms with Crippen molar-refractivity contribution in [3.05, 3.63) is 58.8 Å². The van der Waals surface area contributed by atoms with Crippen LogP contribution in [0.1, 0.15) is 11.3 Å². The molecular formula is C22H20ClFN6OS. The largest absolute Gasteiger partial charge is 0.480 e. The molecule has 0 aliphatic carbocycles. The molecule has 7 nitrogen and oxygen atoms in total. The summed E-state index contributed by atoms with van der Waals surface area (Å²) in [6.45, 7) is 3.67. The topological polar surface area (TPSA) is 84.9 Å². The Bertz CT molecular complexity index is 1320. The van der Waals surface area contributed by atoms with Crippen molar-refractivity contribution in [1.29, 1.82) is 0 Å². The number of nitrogens with one attached hydrogen (secondary N) is 2. The highest BCUT2D eigenvalue weighted by Gasteiger charge is 2.15. The average molecular weight is 471 g/mol. The van der Waals surface area contributed by atoms with Crippen molar-refractivity contribution in [3.8, 4) is 17.0 Å². The van der Waals surface area contributed by atoms with Crippen molar-refractivity contribution in [2.75, 3.05) is 24.2 Å². The Morgan fingerprint density at radius 1 is 1.03 bits per heavy atom. The maximum Gasteiger partial charge on any atom is 0.228 e. The van der Waals surface area contributed by atoms with Gasteiger partial charge in [0, 0.05) is 47.3 Å². The second kappa shape index (κ2) is 9.13. The van der Waals surface area contributed by atoms with E-state index in [1.54, 1.807) is 32.5 Å². The number of halogens is 2. The molecule has 4 rings (SSSR count). The molecule has 0 aliphatic heterocycles. The van der Waals surface area contributed by atoms with E-state index in [2.05, 4.69) is 30.0 Å². The summed E-state index contributed by atoms with van der Waals surface area (Å²) in [6.07, 6.45) is 3.19. The molecule has 164 valence electrons. The maximum absolute atomic E-state index is 15.0. The van der Waals surface area contributed by atoms with Gasteiger partial charge in [-0.3, -0.25) is 0 Å². The van der Waals surface area contributed by atoms with E-state index in [1.165, 1.54) is 24.2 Å². The molecule has 3 aromatic heterocycles. The molecule has 32 heavy (non-hydrogen) atoms. The fourth-order valence-corrected chi connectivity index (χ4v) is 4.25. The third-order valence-electron chi connectivity index (χ3n) is 4.84. The average Bonchev–Trinajstić information content (AvgIpc) is 2.78. The number of aryl methyl sites for hydroxylation is 2. The SMILES string of the molecule is CNc1ncc2cc(-c3cc(NSc4cc(Cl)cnc4OC)c(C)cc3F)c(C)nc2n1. The van der Waals surface area contributed by atoms with Crippen molar-refractivity contribution in [3.63, 3.8) is 0 Å². The second-order valence-electron chi connectivity index (χ2n) is 6.99. The van der Waals surface area contributed by atoms with Crippen molar-refractivity contribution in [2.24, 2.45) is 0 Å². The maximum atomic E-state index is 15.0. The summed E-state index contributed by atoms with van der Waals surface area (Å²) in [6, 6.07) is 6.87. The van der Waals surface area contributed by atoms with Gasteiger partial charge in [0.05, 0.1) is 17.0 Å². The Kier molecular flexibility index (Phi) is 6.29. The minimum absolute atomic E-state index is 0.336. The van der Waals surface area contributed by atoms with Gasteiger partial charge >= 0.3 is 0 Å². The van der Waals surface area contributed by atoms with Gasteiger partial charge in [-0.15, -0.1) is 0 Å². The van der Waals surface area contributed by atoms with E-state index in [9.17, 15) is 4.39 Å². The first-order valence-electron chi connectivity index (χ1n) is 9.64. The first-order valence-corrected chi connectivity index (χ1v) is 10.8. The number of hydrogen-bond acceptors (Lipinski definition) is 8. The Morgan fingerprint density at radius 3 is 2.59 bits per heavy atom. The van der Waals surface area contributed by atoms with Crippen molar-refractivity contribution in [1.82, 2.24) is 19.9 Å². The van der Waals surface area contributed by atoms with Crippen LogP contribution in [0, 0.1) is 19.7 Å². The molecule has 0 amide bonds. The van der Waals surface area contributed by atoms with Gasteiger partial charge in [-0.05, 0) is 55.6 Å². The molecule has 0 radical (unpaired) electrons. The lowest BCUT2D eigenvalue weighted by molar-refractivity contribution is 0.387. The minimum atomic E-state index is -0.336. The summed E-state index contributed by atoms with van der Waals surface area (Å²) in [5.41, 5.74) is 3.81. The normalized spacial score (nSPS) is 10.9. The number of benzene rings is 1. The molecule has 0 bridgehead atoms. The van der Waals surface area contributed by atoms with E-state index in [4.69, 9.17) is 16.3 Å². The smallest absolute Gasteiger partial charge is 0.228 e. The number of ether oxygens (including phenoxy) is 1. The zero-order chi connectivity index (χ0) is 22.8. The monoisotopic (exact) mass is 470 g/mol. The van der Waals surface area contributed by atoms with Crippen molar-refractivity contribution < 1.29 is 9.13 Å². The Labute approximate surface area is 194 Å². The predicted molar refractivity (Wildman–Crippen MR) is 127 cm³/mol. The Hall–Kier alpha value is -3.17. The minimum Gasteiger partial charge on any atom is -0.480 e. The summed E-state index contributed by atoms with van der Waals surface area (Å²) in [7, 11) is 3.28. The standard InChI is InChI=1S/C22H20ClFN6OS/c1-11-5-17(24)16(8-18(11)30-32-19-7-14(23)10-26-21(19)31-4)15-6-13-9-27-22(25-3)29-20(13)28-12(15)2/h5-10,30H,1-4H3,(H,25,27,28,29). The highest BCUT2D eigenvalue weighted by atomic mass is 35.5. The fraction of sp³-hybridized carbons (Fsp3) is 0.182. The summed E-state index contributed by atoms with van der Waals surface area (Å²) in [4.78, 5) is 18.0. The van der Waals surface area contributed by atoms with Crippen molar-refractivity contribution >= 4 is 46.2 Å². The van der Waals surface area contributed by atoms with Crippen LogP contribution >= 0.6 is 23.5 Å². The molecular weight excluding hydrogens is 451 g/mol. The molecule has 0 aliphatic rings. The number of pyridine rings is 2. The molecule has 4 aromatic rings. The van der Waals surface area contributed by atoms with Gasteiger partial charge < -0.3 is 14.8 Å². The van der Waals surface area contributed by atoms with Gasteiger partial charge in [0.15, 0.2) is 5.65 Å². The van der Waals surface area contributed by atoms with Crippen LogP contribution in [0.4, 0.5) is 16.0 Å². The lowest BCUT2D eigenvalue weighted by Crippen LogP contribution is -2.00. The molecule has 0 saturated heterocycles. The van der Waals surface area contributed by atoms with Gasteiger partial charge in [-0.1, -0.05) is 11.6 Å². The summed E-state index contributed by atoms with van der Waals surface area (Å²) < 4.78 is 23.5. The second-order valence-corrected chi connectivity index (χ2v) is 8.27. The number of rotatable bonds is 6. The lowest BCUT2D eigenvalue weighted by Gasteiger charge is -2.15. The van der Waals surface area contributed by atoms with Crippen LogP contribution in [0.25, 0.3) is 22.2 Å². The summed E-state index contributed by atoms with van der Waals surface area (Å²) >= 11 is 7.35. The fourth-order valence-electron chi connectivity index (χ4n) is 3.18. The molecule has 2 N–H and O–H groups in total. The molecule has 0 unspecified atom stereocenters. The van der Waals surface area contributed by atoms with E-state index in [1.807, 2.05) is 19.9 Å². The number of anilines is 2. The first-order chi connectivity index (χ1) is 15.4. The third kappa shape index (κ3) is 4.39. The van der Waals surface area contributed by atoms with Gasteiger partial charge in [0.25, 0.3) is 0 Å². The zero-order valence-electron chi connectivity index (χ0n) is 17.8. The quantitative estimate of drug-likeness (QED) is 0.349. The Balaban J connectivity index is 1.71. The van der Waals surface area contributed by atoms with E-state index in [-0.39, 0.29) is 5.82 Å². The van der Waals surface area contributed by atoms with Crippen LogP contribution in [0.3, 0.4) is 0 Å². The Morgan fingerprint density at radius 2 is 1.84 bits per heavy atom. The first kappa shape index (κ1) is 22.0. The molecule has 0 atom stereocenters. The highest BCUT2D eigenvalue weighted by Crippen LogP contribution is 2.35.